The molecule has 7 rings (SSSR count). The van der Waals surface area contributed by atoms with Crippen molar-refractivity contribution in [1.29, 1.82) is 0 Å². The summed E-state index contributed by atoms with van der Waals surface area (Å²) in [6.45, 7) is 0. The molecule has 5 aromatic rings. The van der Waals surface area contributed by atoms with Gasteiger partial charge < -0.3 is 18.6 Å². The molecular weight excluding hydrogens is 512 g/mol. The van der Waals surface area contributed by atoms with Gasteiger partial charge >= 0.3 is 10.1 Å². The maximum atomic E-state index is 13.7. The first-order chi connectivity index (χ1) is 19.0. The molecule has 1 N–H and O–H groups in total. The third kappa shape index (κ3) is 4.09. The summed E-state index contributed by atoms with van der Waals surface area (Å²) in [5, 5.41) is 10.6. The van der Waals surface area contributed by atoms with Crippen LogP contribution in [0.25, 0.3) is 27.6 Å². The van der Waals surface area contributed by atoms with Crippen LogP contribution in [0.3, 0.4) is 0 Å². The Labute approximate surface area is 225 Å². The third-order valence-electron chi connectivity index (χ3n) is 7.48. The van der Waals surface area contributed by atoms with Crippen molar-refractivity contribution in [3.05, 3.63) is 121 Å². The topological polar surface area (TPSA) is 90.7 Å². The van der Waals surface area contributed by atoms with Gasteiger partial charge in [-0.15, -0.1) is 0 Å². The number of hydrogen-bond acceptors (Lipinski definition) is 6. The number of imidazole rings is 1. The highest BCUT2D eigenvalue weighted by molar-refractivity contribution is 7.87. The smallest absolute Gasteiger partial charge is 0.315 e. The molecule has 0 amide bonds. The van der Waals surface area contributed by atoms with Crippen LogP contribution in [0.4, 0.5) is 0 Å². The molecular formula is C31H24N2O5S. The van der Waals surface area contributed by atoms with E-state index in [0.29, 0.717) is 5.75 Å². The molecule has 3 heterocycles. The Morgan fingerprint density at radius 3 is 2.36 bits per heavy atom. The molecule has 3 atom stereocenters. The second kappa shape index (κ2) is 9.11. The fraction of sp³-hybridized carbons (Fsp3) is 0.129. The predicted octanol–water partition coefficient (Wildman–Crippen LogP) is 5.59. The molecule has 1 unspecified atom stereocenters. The number of benzene rings is 4. The van der Waals surface area contributed by atoms with E-state index >= 15 is 0 Å². The normalized spacial score (nSPS) is 20.6. The molecule has 7 nitrogen and oxygen atoms in total. The van der Waals surface area contributed by atoms with Crippen molar-refractivity contribution in [2.24, 2.45) is 0 Å². The van der Waals surface area contributed by atoms with Crippen molar-refractivity contribution in [3.63, 3.8) is 0 Å². The molecule has 1 saturated heterocycles. The largest absolute Gasteiger partial charge is 0.508 e. The van der Waals surface area contributed by atoms with Crippen LogP contribution in [0, 0.1) is 0 Å². The van der Waals surface area contributed by atoms with Gasteiger partial charge in [0.25, 0.3) is 0 Å². The molecule has 8 heteroatoms. The van der Waals surface area contributed by atoms with E-state index in [4.69, 9.17) is 8.92 Å². The summed E-state index contributed by atoms with van der Waals surface area (Å²) >= 11 is 0. The van der Waals surface area contributed by atoms with Crippen LogP contribution >= 0.6 is 0 Å². The van der Waals surface area contributed by atoms with Gasteiger partial charge in [0.2, 0.25) is 0 Å². The summed E-state index contributed by atoms with van der Waals surface area (Å²) in [5.41, 5.74) is 4.46. The van der Waals surface area contributed by atoms with Gasteiger partial charge in [-0.2, -0.15) is 8.42 Å². The lowest BCUT2D eigenvalue weighted by Gasteiger charge is -2.25. The zero-order valence-electron chi connectivity index (χ0n) is 20.7. The Hall–Kier alpha value is -4.40. The first-order valence-corrected chi connectivity index (χ1v) is 14.1. The molecule has 2 aliphatic rings. The van der Waals surface area contributed by atoms with Crippen molar-refractivity contribution >= 4 is 32.0 Å². The SMILES string of the molecule is O=S(=O)(Oc1cccc2ccccc12)C1C[C@H]2O[C@@H]1C(c1ccc(-n3ccnc3)cc1)=C2c1ccc(O)cc1. The average Bonchev–Trinajstić information content (AvgIpc) is 3.71. The average molecular weight is 537 g/mol. The summed E-state index contributed by atoms with van der Waals surface area (Å²) in [7, 11) is -4.04. The summed E-state index contributed by atoms with van der Waals surface area (Å²) < 4.78 is 41.5. The van der Waals surface area contributed by atoms with Crippen LogP contribution in [0.2, 0.25) is 0 Å². The third-order valence-corrected chi connectivity index (χ3v) is 9.07. The van der Waals surface area contributed by atoms with Crippen molar-refractivity contribution in [2.75, 3.05) is 0 Å². The zero-order valence-corrected chi connectivity index (χ0v) is 21.5. The number of hydrogen-bond donors (Lipinski definition) is 1. The maximum absolute atomic E-state index is 13.7. The number of rotatable bonds is 6. The first kappa shape index (κ1) is 23.7. The number of fused-ring (bicyclic) bond motifs is 3. The Morgan fingerprint density at radius 2 is 1.59 bits per heavy atom. The Bertz CT molecular complexity index is 1810. The van der Waals surface area contributed by atoms with Gasteiger partial charge in [0, 0.05) is 29.9 Å². The van der Waals surface area contributed by atoms with Crippen LogP contribution < -0.4 is 4.18 Å². The summed E-state index contributed by atoms with van der Waals surface area (Å²) in [6.07, 6.45) is 4.48. The van der Waals surface area contributed by atoms with E-state index in [-0.39, 0.29) is 12.2 Å². The Balaban J connectivity index is 1.29. The van der Waals surface area contributed by atoms with E-state index in [1.54, 1.807) is 36.8 Å². The minimum Gasteiger partial charge on any atom is -0.508 e. The van der Waals surface area contributed by atoms with Crippen molar-refractivity contribution in [2.45, 2.75) is 23.9 Å². The first-order valence-electron chi connectivity index (χ1n) is 12.7. The van der Waals surface area contributed by atoms with Crippen LogP contribution in [0.15, 0.2) is 110 Å². The van der Waals surface area contributed by atoms with E-state index in [2.05, 4.69) is 4.98 Å². The van der Waals surface area contributed by atoms with Gasteiger partial charge in [-0.1, -0.05) is 60.7 Å². The van der Waals surface area contributed by atoms with Gasteiger partial charge in [-0.05, 0) is 58.0 Å². The fourth-order valence-electron chi connectivity index (χ4n) is 5.67. The lowest BCUT2D eigenvalue weighted by Crippen LogP contribution is -2.35. The van der Waals surface area contributed by atoms with Gasteiger partial charge in [0.1, 0.15) is 22.9 Å². The molecule has 0 spiro atoms. The predicted molar refractivity (Wildman–Crippen MR) is 149 cm³/mol. The lowest BCUT2D eigenvalue weighted by molar-refractivity contribution is 0.128. The molecule has 1 aromatic heterocycles. The number of ether oxygens (including phenoxy) is 1. The number of phenols is 1. The summed E-state index contributed by atoms with van der Waals surface area (Å²) in [6, 6.07) is 27.8. The second-order valence-electron chi connectivity index (χ2n) is 9.76. The van der Waals surface area contributed by atoms with Crippen LogP contribution in [-0.4, -0.2) is 40.5 Å². The van der Waals surface area contributed by atoms with Gasteiger partial charge in [0.15, 0.2) is 0 Å². The highest BCUT2D eigenvalue weighted by Gasteiger charge is 2.53. The maximum Gasteiger partial charge on any atom is 0.315 e. The molecule has 2 aliphatic heterocycles. The van der Waals surface area contributed by atoms with E-state index in [9.17, 15) is 13.5 Å². The summed E-state index contributed by atoms with van der Waals surface area (Å²) in [4.78, 5) is 4.11. The van der Waals surface area contributed by atoms with Crippen LogP contribution in [0.1, 0.15) is 17.5 Å². The summed E-state index contributed by atoms with van der Waals surface area (Å²) in [5.74, 6) is 0.475. The zero-order chi connectivity index (χ0) is 26.6. The Morgan fingerprint density at radius 1 is 0.872 bits per heavy atom. The molecule has 39 heavy (non-hydrogen) atoms. The van der Waals surface area contributed by atoms with Crippen molar-refractivity contribution < 1.29 is 22.4 Å². The van der Waals surface area contributed by atoms with Crippen molar-refractivity contribution in [1.82, 2.24) is 9.55 Å². The second-order valence-corrected chi connectivity index (χ2v) is 11.5. The van der Waals surface area contributed by atoms with Crippen LogP contribution in [0.5, 0.6) is 11.5 Å². The van der Waals surface area contributed by atoms with E-state index in [1.807, 2.05) is 77.5 Å². The minimum absolute atomic E-state index is 0.165. The minimum atomic E-state index is -4.04. The van der Waals surface area contributed by atoms with Crippen LogP contribution in [-0.2, 0) is 14.9 Å². The van der Waals surface area contributed by atoms with Crippen molar-refractivity contribution in [3.8, 4) is 17.2 Å². The molecule has 1 fully saturated rings. The number of aromatic nitrogens is 2. The molecule has 194 valence electrons. The van der Waals surface area contributed by atoms with E-state index in [1.165, 1.54) is 0 Å². The van der Waals surface area contributed by atoms with E-state index in [0.717, 1.165) is 38.7 Å². The van der Waals surface area contributed by atoms with Gasteiger partial charge in [-0.25, -0.2) is 4.98 Å². The molecule has 2 bridgehead atoms. The highest BCUT2D eigenvalue weighted by Crippen LogP contribution is 2.51. The van der Waals surface area contributed by atoms with Gasteiger partial charge in [-0.3, -0.25) is 0 Å². The number of nitrogens with zero attached hydrogens (tertiary/aromatic N) is 2. The monoisotopic (exact) mass is 536 g/mol. The number of aromatic hydroxyl groups is 1. The quantitative estimate of drug-likeness (QED) is 0.285. The lowest BCUT2D eigenvalue weighted by atomic mass is 9.83. The number of phenolic OH excluding ortho intramolecular Hbond substituents is 1. The molecule has 4 aromatic carbocycles. The molecule has 0 radical (unpaired) electrons. The molecule has 0 aliphatic carbocycles. The highest BCUT2D eigenvalue weighted by atomic mass is 32.2. The standard InChI is InChI=1S/C31H24N2O5S/c34-24-14-10-21(11-15-24)29-27-18-28(39(35,36)38-26-7-3-5-20-4-1-2-6-25(20)26)31(37-27)30(29)22-8-12-23(13-9-22)33-17-16-32-19-33/h1-17,19,27-28,31,34H,18H2/t27-,28?,31+/m1/s1. The Kier molecular flexibility index (Phi) is 5.54. The molecule has 0 saturated carbocycles. The fourth-order valence-corrected chi connectivity index (χ4v) is 7.11. The van der Waals surface area contributed by atoms with E-state index < -0.39 is 27.6 Å². The van der Waals surface area contributed by atoms with Gasteiger partial charge in [0.05, 0.1) is 12.4 Å².